The number of benzene rings is 1. The minimum absolute atomic E-state index is 0.0812. The molecule has 0 bridgehead atoms. The molecule has 1 N–H and O–H groups in total. The van der Waals surface area contributed by atoms with Crippen LogP contribution in [-0.2, 0) is 16.1 Å². The van der Waals surface area contributed by atoms with Crippen LogP contribution in [0.2, 0.25) is 0 Å². The quantitative estimate of drug-likeness (QED) is 0.473. The molecule has 0 radical (unpaired) electrons. The van der Waals surface area contributed by atoms with Crippen LogP contribution in [0.1, 0.15) is 13.3 Å². The molecule has 0 unspecified atom stereocenters. The molecule has 9 nitrogen and oxygen atoms in total. The maximum Gasteiger partial charge on any atom is 0.234 e. The number of anilines is 1. The summed E-state index contributed by atoms with van der Waals surface area (Å²) in [5.41, 5.74) is 4.04. The summed E-state index contributed by atoms with van der Waals surface area (Å²) in [4.78, 5) is 26.9. The van der Waals surface area contributed by atoms with Gasteiger partial charge in [0.1, 0.15) is 23.2 Å². The molecule has 1 aliphatic heterocycles. The summed E-state index contributed by atoms with van der Waals surface area (Å²) < 4.78 is 12.9. The van der Waals surface area contributed by atoms with Crippen molar-refractivity contribution in [3.8, 4) is 28.3 Å². The zero-order chi connectivity index (χ0) is 23.3. The lowest BCUT2D eigenvalue weighted by atomic mass is 10.0. The normalized spacial score (nSPS) is 20.8. The highest BCUT2D eigenvalue weighted by Crippen LogP contribution is 2.57. The largest absolute Gasteiger partial charge is 0.493 e. The van der Waals surface area contributed by atoms with Gasteiger partial charge in [0.2, 0.25) is 5.91 Å². The molecule has 2 fully saturated rings. The molecule has 2 atom stereocenters. The lowest BCUT2D eigenvalue weighted by molar-refractivity contribution is -0.121. The number of rotatable bonds is 6. The van der Waals surface area contributed by atoms with Crippen LogP contribution in [0.5, 0.6) is 5.75 Å². The van der Waals surface area contributed by atoms with Gasteiger partial charge >= 0.3 is 0 Å². The third-order valence-corrected chi connectivity index (χ3v) is 6.78. The molecule has 1 saturated heterocycles. The molecule has 1 aromatic carbocycles. The molecule has 9 heteroatoms. The summed E-state index contributed by atoms with van der Waals surface area (Å²) in [6, 6.07) is 11.8. The first-order chi connectivity index (χ1) is 16.6. The number of nitrogens with one attached hydrogen (secondary N) is 1. The Balaban J connectivity index is 1.47. The van der Waals surface area contributed by atoms with E-state index in [4.69, 9.17) is 19.6 Å². The van der Waals surface area contributed by atoms with E-state index in [0.29, 0.717) is 41.5 Å². The number of hydrogen-bond donors (Lipinski definition) is 1. The Kier molecular flexibility index (Phi) is 4.80. The lowest BCUT2D eigenvalue weighted by Gasteiger charge is -2.15. The topological polar surface area (TPSA) is 104 Å². The van der Waals surface area contributed by atoms with Crippen molar-refractivity contribution in [1.29, 1.82) is 0 Å². The van der Waals surface area contributed by atoms with E-state index in [1.165, 1.54) is 6.33 Å². The van der Waals surface area contributed by atoms with Crippen molar-refractivity contribution >= 4 is 22.8 Å². The molecule has 172 valence electrons. The van der Waals surface area contributed by atoms with Gasteiger partial charge in [0.25, 0.3) is 0 Å². The van der Waals surface area contributed by atoms with Crippen molar-refractivity contribution in [2.24, 2.45) is 11.3 Å². The summed E-state index contributed by atoms with van der Waals surface area (Å²) in [6.07, 6.45) is 4.33. The molecule has 1 aliphatic carbocycles. The number of hydrogen-bond acceptors (Lipinski definition) is 7. The van der Waals surface area contributed by atoms with Gasteiger partial charge in [-0.25, -0.2) is 15.0 Å². The SMILES string of the molecule is CCn1cc(-c2ncnc3cc(OC)c(NC(=O)[C@@]45COC[C@@H]4C5)nc23)c(-c2ccccc2)n1. The number of aryl methyl sites for hydroxylation is 1. The van der Waals surface area contributed by atoms with Gasteiger partial charge in [-0.05, 0) is 13.3 Å². The predicted molar refractivity (Wildman–Crippen MR) is 126 cm³/mol. The Bertz CT molecular complexity index is 1400. The molecule has 34 heavy (non-hydrogen) atoms. The molecule has 4 aromatic rings. The van der Waals surface area contributed by atoms with Gasteiger partial charge in [-0.2, -0.15) is 5.10 Å². The third kappa shape index (κ3) is 3.23. The number of amides is 1. The van der Waals surface area contributed by atoms with Gasteiger partial charge in [0, 0.05) is 35.9 Å². The first-order valence-corrected chi connectivity index (χ1v) is 11.3. The van der Waals surface area contributed by atoms with Crippen molar-refractivity contribution in [3.05, 3.63) is 48.9 Å². The fraction of sp³-hybridized carbons (Fsp3) is 0.320. The van der Waals surface area contributed by atoms with Gasteiger partial charge in [-0.3, -0.25) is 9.48 Å². The van der Waals surface area contributed by atoms with Crippen molar-refractivity contribution in [2.75, 3.05) is 25.6 Å². The van der Waals surface area contributed by atoms with Crippen molar-refractivity contribution in [2.45, 2.75) is 19.9 Å². The molecule has 2 aliphatic rings. The molecule has 3 aromatic heterocycles. The number of pyridine rings is 1. The molecular weight excluding hydrogens is 432 g/mol. The summed E-state index contributed by atoms with van der Waals surface area (Å²) in [6.45, 7) is 3.84. The van der Waals surface area contributed by atoms with E-state index in [2.05, 4.69) is 15.3 Å². The lowest BCUT2D eigenvalue weighted by Crippen LogP contribution is -2.27. The number of carbonyl (C=O) groups is 1. The van der Waals surface area contributed by atoms with Crippen LogP contribution in [0.4, 0.5) is 5.82 Å². The monoisotopic (exact) mass is 456 g/mol. The van der Waals surface area contributed by atoms with E-state index in [1.54, 1.807) is 13.2 Å². The van der Waals surface area contributed by atoms with Crippen molar-refractivity contribution in [1.82, 2.24) is 24.7 Å². The second-order valence-corrected chi connectivity index (χ2v) is 8.77. The van der Waals surface area contributed by atoms with E-state index in [0.717, 1.165) is 29.8 Å². The summed E-state index contributed by atoms with van der Waals surface area (Å²) >= 11 is 0. The number of carbonyl (C=O) groups excluding carboxylic acids is 1. The Morgan fingerprint density at radius 2 is 2.12 bits per heavy atom. The van der Waals surface area contributed by atoms with Crippen LogP contribution >= 0.6 is 0 Å². The van der Waals surface area contributed by atoms with Crippen LogP contribution in [-0.4, -0.2) is 51.0 Å². The van der Waals surface area contributed by atoms with E-state index in [9.17, 15) is 4.79 Å². The number of aromatic nitrogens is 5. The zero-order valence-corrected chi connectivity index (χ0v) is 19.0. The summed E-state index contributed by atoms with van der Waals surface area (Å²) in [5.74, 6) is 1.01. The zero-order valence-electron chi connectivity index (χ0n) is 19.0. The maximum absolute atomic E-state index is 13.1. The Morgan fingerprint density at radius 3 is 2.82 bits per heavy atom. The fourth-order valence-electron chi connectivity index (χ4n) is 4.71. The molecular formula is C25H24N6O3. The number of fused-ring (bicyclic) bond motifs is 2. The van der Waals surface area contributed by atoms with E-state index in [1.807, 2.05) is 48.1 Å². The fourth-order valence-corrected chi connectivity index (χ4v) is 4.71. The van der Waals surface area contributed by atoms with Gasteiger partial charge in [0.05, 0.1) is 31.3 Å². The minimum Gasteiger partial charge on any atom is -0.493 e. The highest BCUT2D eigenvalue weighted by atomic mass is 16.5. The van der Waals surface area contributed by atoms with Gasteiger partial charge < -0.3 is 14.8 Å². The molecule has 1 amide bonds. The first kappa shape index (κ1) is 20.7. The van der Waals surface area contributed by atoms with Crippen LogP contribution < -0.4 is 10.1 Å². The second-order valence-electron chi connectivity index (χ2n) is 8.77. The molecule has 1 saturated carbocycles. The summed E-state index contributed by atoms with van der Waals surface area (Å²) in [5, 5.41) is 7.76. The predicted octanol–water partition coefficient (Wildman–Crippen LogP) is 3.56. The summed E-state index contributed by atoms with van der Waals surface area (Å²) in [7, 11) is 1.55. The van der Waals surface area contributed by atoms with Crippen LogP contribution in [0.15, 0.2) is 48.9 Å². The average molecular weight is 457 g/mol. The van der Waals surface area contributed by atoms with Crippen molar-refractivity contribution in [3.63, 3.8) is 0 Å². The van der Waals surface area contributed by atoms with E-state index < -0.39 is 5.41 Å². The van der Waals surface area contributed by atoms with E-state index in [-0.39, 0.29) is 11.8 Å². The molecule has 0 spiro atoms. The molecule has 4 heterocycles. The van der Waals surface area contributed by atoms with Gasteiger partial charge in [-0.15, -0.1) is 0 Å². The van der Waals surface area contributed by atoms with Crippen molar-refractivity contribution < 1.29 is 14.3 Å². The Labute approximate surface area is 196 Å². The molecule has 6 rings (SSSR count). The Hall–Kier alpha value is -3.85. The van der Waals surface area contributed by atoms with E-state index >= 15 is 0 Å². The van der Waals surface area contributed by atoms with Crippen LogP contribution in [0.3, 0.4) is 0 Å². The third-order valence-electron chi connectivity index (χ3n) is 6.78. The number of nitrogens with zero attached hydrogens (tertiary/aromatic N) is 5. The first-order valence-electron chi connectivity index (χ1n) is 11.3. The second kappa shape index (κ2) is 7.88. The smallest absolute Gasteiger partial charge is 0.234 e. The minimum atomic E-state index is -0.444. The number of methoxy groups -OCH3 is 1. The highest BCUT2D eigenvalue weighted by Gasteiger charge is 2.63. The highest BCUT2D eigenvalue weighted by molar-refractivity contribution is 6.01. The van der Waals surface area contributed by atoms with Crippen LogP contribution in [0.25, 0.3) is 33.5 Å². The number of ether oxygens (including phenoxy) is 2. The maximum atomic E-state index is 13.1. The standard InChI is InChI=1S/C25H24N6O3/c1-3-31-11-17(20(30-31)15-7-5-4-6-8-15)21-22-18(26-14-27-21)9-19(33-2)23(28-22)29-24(32)25-10-16(25)12-34-13-25/h4-9,11,14,16H,3,10,12-13H2,1-2H3,(H,28,29,32)/t16-,25-/m0/s1. The van der Waals surface area contributed by atoms with Crippen LogP contribution in [0, 0.1) is 11.3 Å². The average Bonchev–Trinajstić information content (AvgIpc) is 3.21. The Morgan fingerprint density at radius 1 is 1.26 bits per heavy atom. The van der Waals surface area contributed by atoms with Gasteiger partial charge in [-0.1, -0.05) is 30.3 Å². The van der Waals surface area contributed by atoms with Gasteiger partial charge in [0.15, 0.2) is 11.6 Å².